The van der Waals surface area contributed by atoms with Crippen LogP contribution in [0.3, 0.4) is 0 Å². The molecule has 0 aliphatic rings. The normalized spacial score (nSPS) is 10.8. The maximum absolute atomic E-state index is 5.76. The molecule has 5 nitrogen and oxygen atoms in total. The van der Waals surface area contributed by atoms with Gasteiger partial charge in [0.1, 0.15) is 5.82 Å². The fourth-order valence-corrected chi connectivity index (χ4v) is 2.16. The summed E-state index contributed by atoms with van der Waals surface area (Å²) in [5, 5.41) is 8.72. The topological polar surface area (TPSA) is 68.8 Å². The number of aryl methyl sites for hydroxylation is 1. The molecular formula is C15H17N5. The molecule has 0 amide bonds. The van der Waals surface area contributed by atoms with Crippen molar-refractivity contribution in [1.82, 2.24) is 14.8 Å². The van der Waals surface area contributed by atoms with Crippen LogP contribution in [0, 0.1) is 0 Å². The third kappa shape index (κ3) is 2.71. The van der Waals surface area contributed by atoms with Gasteiger partial charge in [-0.2, -0.15) is 5.10 Å². The lowest BCUT2D eigenvalue weighted by atomic mass is 10.2. The molecule has 0 spiro atoms. The van der Waals surface area contributed by atoms with Gasteiger partial charge in [-0.1, -0.05) is 0 Å². The first-order valence-corrected chi connectivity index (χ1v) is 6.59. The fraction of sp³-hybridized carbons (Fsp3) is 0.200. The number of fused-ring (bicyclic) bond motifs is 1. The van der Waals surface area contributed by atoms with Gasteiger partial charge in [0.2, 0.25) is 0 Å². The van der Waals surface area contributed by atoms with Gasteiger partial charge < -0.3 is 11.1 Å². The second-order valence-electron chi connectivity index (χ2n) is 4.81. The lowest BCUT2D eigenvalue weighted by Crippen LogP contribution is -2.07. The standard InChI is InChI=1S/C15H17N5/c1-20-9-7-13(19-20)6-8-17-15-5-2-11-10-12(16)3-4-14(11)18-15/h2-5,7,9-10H,6,8,16H2,1H3,(H,17,18). The number of pyridine rings is 1. The first kappa shape index (κ1) is 12.5. The molecule has 0 atom stereocenters. The second kappa shape index (κ2) is 5.21. The minimum Gasteiger partial charge on any atom is -0.399 e. The van der Waals surface area contributed by atoms with Gasteiger partial charge in [-0.25, -0.2) is 4.98 Å². The number of nitrogens with zero attached hydrogens (tertiary/aromatic N) is 3. The smallest absolute Gasteiger partial charge is 0.126 e. The Morgan fingerprint density at radius 1 is 1.20 bits per heavy atom. The SMILES string of the molecule is Cn1ccc(CCNc2ccc3cc(N)ccc3n2)n1. The summed E-state index contributed by atoms with van der Waals surface area (Å²) in [6, 6.07) is 11.8. The van der Waals surface area contributed by atoms with Crippen molar-refractivity contribution >= 4 is 22.4 Å². The van der Waals surface area contributed by atoms with Crippen LogP contribution in [0.15, 0.2) is 42.6 Å². The summed E-state index contributed by atoms with van der Waals surface area (Å²) in [6.45, 7) is 0.810. The molecule has 3 rings (SSSR count). The summed E-state index contributed by atoms with van der Waals surface area (Å²) in [5.41, 5.74) is 8.54. The second-order valence-corrected chi connectivity index (χ2v) is 4.81. The number of nitrogens with one attached hydrogen (secondary N) is 1. The van der Waals surface area contributed by atoms with Gasteiger partial charge in [-0.05, 0) is 36.4 Å². The van der Waals surface area contributed by atoms with Crippen molar-refractivity contribution in [3.63, 3.8) is 0 Å². The molecular weight excluding hydrogens is 250 g/mol. The summed E-state index contributed by atoms with van der Waals surface area (Å²) in [4.78, 5) is 4.56. The highest BCUT2D eigenvalue weighted by Crippen LogP contribution is 2.17. The summed E-state index contributed by atoms with van der Waals surface area (Å²) in [7, 11) is 1.92. The maximum atomic E-state index is 5.76. The van der Waals surface area contributed by atoms with Crippen LogP contribution in [0.2, 0.25) is 0 Å². The number of nitrogen functional groups attached to an aromatic ring is 1. The lowest BCUT2D eigenvalue weighted by Gasteiger charge is -2.06. The van der Waals surface area contributed by atoms with E-state index in [1.807, 2.05) is 54.3 Å². The summed E-state index contributed by atoms with van der Waals surface area (Å²) in [5.74, 6) is 0.873. The molecule has 0 unspecified atom stereocenters. The van der Waals surface area contributed by atoms with Crippen LogP contribution >= 0.6 is 0 Å². The Kier molecular flexibility index (Phi) is 3.25. The molecule has 102 valence electrons. The van der Waals surface area contributed by atoms with E-state index in [2.05, 4.69) is 15.4 Å². The Bertz CT molecular complexity index is 732. The van der Waals surface area contributed by atoms with E-state index in [0.717, 1.165) is 41.1 Å². The van der Waals surface area contributed by atoms with Crippen molar-refractivity contribution < 1.29 is 0 Å². The molecule has 20 heavy (non-hydrogen) atoms. The number of anilines is 2. The monoisotopic (exact) mass is 267 g/mol. The van der Waals surface area contributed by atoms with E-state index < -0.39 is 0 Å². The van der Waals surface area contributed by atoms with Crippen LogP contribution in [0.1, 0.15) is 5.69 Å². The molecule has 5 heteroatoms. The number of aromatic nitrogens is 3. The van der Waals surface area contributed by atoms with Crippen molar-refractivity contribution in [3.05, 3.63) is 48.3 Å². The minimum atomic E-state index is 0.759. The Morgan fingerprint density at radius 3 is 2.90 bits per heavy atom. The average molecular weight is 267 g/mol. The molecule has 3 N–H and O–H groups in total. The van der Waals surface area contributed by atoms with Crippen molar-refractivity contribution in [1.29, 1.82) is 0 Å². The van der Waals surface area contributed by atoms with E-state index in [4.69, 9.17) is 5.73 Å². The average Bonchev–Trinajstić information content (AvgIpc) is 2.85. The van der Waals surface area contributed by atoms with E-state index in [1.165, 1.54) is 0 Å². The zero-order chi connectivity index (χ0) is 13.9. The van der Waals surface area contributed by atoms with Crippen molar-refractivity contribution in [2.24, 2.45) is 7.05 Å². The van der Waals surface area contributed by atoms with Crippen LogP contribution < -0.4 is 11.1 Å². The van der Waals surface area contributed by atoms with Gasteiger partial charge in [-0.3, -0.25) is 4.68 Å². The highest BCUT2D eigenvalue weighted by Gasteiger charge is 2.00. The minimum absolute atomic E-state index is 0.759. The number of nitrogens with two attached hydrogens (primary N) is 1. The first-order chi connectivity index (χ1) is 9.70. The Balaban J connectivity index is 1.67. The quantitative estimate of drug-likeness (QED) is 0.711. The highest BCUT2D eigenvalue weighted by molar-refractivity contribution is 5.83. The van der Waals surface area contributed by atoms with Gasteiger partial charge in [0.15, 0.2) is 0 Å². The summed E-state index contributed by atoms with van der Waals surface area (Å²) >= 11 is 0. The number of benzene rings is 1. The number of rotatable bonds is 4. The predicted molar refractivity (Wildman–Crippen MR) is 81.6 cm³/mol. The first-order valence-electron chi connectivity index (χ1n) is 6.59. The molecule has 2 heterocycles. The largest absolute Gasteiger partial charge is 0.399 e. The van der Waals surface area contributed by atoms with Crippen molar-refractivity contribution in [2.75, 3.05) is 17.6 Å². The molecule has 0 radical (unpaired) electrons. The van der Waals surface area contributed by atoms with Gasteiger partial charge in [0.25, 0.3) is 0 Å². The molecule has 1 aromatic carbocycles. The van der Waals surface area contributed by atoms with E-state index >= 15 is 0 Å². The Morgan fingerprint density at radius 2 is 2.10 bits per heavy atom. The van der Waals surface area contributed by atoms with Crippen molar-refractivity contribution in [2.45, 2.75) is 6.42 Å². The summed E-state index contributed by atoms with van der Waals surface area (Å²) in [6.07, 6.45) is 2.83. The summed E-state index contributed by atoms with van der Waals surface area (Å²) < 4.78 is 1.81. The van der Waals surface area contributed by atoms with Crippen LogP contribution in [0.4, 0.5) is 11.5 Å². The van der Waals surface area contributed by atoms with E-state index in [1.54, 1.807) is 0 Å². The third-order valence-corrected chi connectivity index (χ3v) is 3.17. The van der Waals surface area contributed by atoms with Crippen LogP contribution in [0.25, 0.3) is 10.9 Å². The lowest BCUT2D eigenvalue weighted by molar-refractivity contribution is 0.742. The van der Waals surface area contributed by atoms with Gasteiger partial charge >= 0.3 is 0 Å². The van der Waals surface area contributed by atoms with Crippen molar-refractivity contribution in [3.8, 4) is 0 Å². The van der Waals surface area contributed by atoms with Gasteiger partial charge in [-0.15, -0.1) is 0 Å². The van der Waals surface area contributed by atoms with E-state index in [0.29, 0.717) is 0 Å². The molecule has 3 aromatic rings. The zero-order valence-corrected chi connectivity index (χ0v) is 11.4. The van der Waals surface area contributed by atoms with Crippen LogP contribution in [0.5, 0.6) is 0 Å². The number of hydrogen-bond donors (Lipinski definition) is 2. The predicted octanol–water partition coefficient (Wildman–Crippen LogP) is 2.21. The van der Waals surface area contributed by atoms with Crippen LogP contribution in [-0.2, 0) is 13.5 Å². The number of hydrogen-bond acceptors (Lipinski definition) is 4. The third-order valence-electron chi connectivity index (χ3n) is 3.17. The molecule has 0 saturated heterocycles. The molecule has 0 aliphatic carbocycles. The molecule has 0 fully saturated rings. The van der Waals surface area contributed by atoms with E-state index in [9.17, 15) is 0 Å². The zero-order valence-electron chi connectivity index (χ0n) is 11.4. The Labute approximate surface area is 117 Å². The van der Waals surface area contributed by atoms with Gasteiger partial charge in [0, 0.05) is 37.3 Å². The van der Waals surface area contributed by atoms with E-state index in [-0.39, 0.29) is 0 Å². The molecule has 0 saturated carbocycles. The molecule has 0 aliphatic heterocycles. The van der Waals surface area contributed by atoms with Gasteiger partial charge in [0.05, 0.1) is 11.2 Å². The Hall–Kier alpha value is -2.56. The highest BCUT2D eigenvalue weighted by atomic mass is 15.2. The molecule has 0 bridgehead atoms. The maximum Gasteiger partial charge on any atom is 0.126 e. The molecule has 2 aromatic heterocycles. The van der Waals surface area contributed by atoms with Crippen LogP contribution in [-0.4, -0.2) is 21.3 Å². The fourth-order valence-electron chi connectivity index (χ4n) is 2.16.